The molecule has 1 unspecified atom stereocenters. The number of hydrogen-bond acceptors (Lipinski definition) is 1. The quantitative estimate of drug-likeness (QED) is 0.806. The van der Waals surface area contributed by atoms with E-state index in [4.69, 9.17) is 0 Å². The number of benzene rings is 1. The van der Waals surface area contributed by atoms with Gasteiger partial charge < -0.3 is 5.11 Å². The Bertz CT molecular complexity index is 322. The van der Waals surface area contributed by atoms with Crippen molar-refractivity contribution < 1.29 is 9.50 Å². The topological polar surface area (TPSA) is 20.2 Å². The first-order chi connectivity index (χ1) is 6.99. The highest BCUT2D eigenvalue weighted by Crippen LogP contribution is 2.33. The van der Waals surface area contributed by atoms with Crippen molar-refractivity contribution in [1.82, 2.24) is 0 Å². The lowest BCUT2D eigenvalue weighted by molar-refractivity contribution is 0.00808. The van der Waals surface area contributed by atoms with E-state index in [1.54, 1.807) is 18.2 Å². The van der Waals surface area contributed by atoms with Gasteiger partial charge in [0.25, 0.3) is 0 Å². The molecule has 0 bridgehead atoms. The summed E-state index contributed by atoms with van der Waals surface area (Å²) in [5.41, 5.74) is -0.610. The summed E-state index contributed by atoms with van der Waals surface area (Å²) in [5.74, 6) is 0.0251. The summed E-state index contributed by atoms with van der Waals surface area (Å²) >= 11 is 0. The van der Waals surface area contributed by atoms with Crippen LogP contribution in [0.1, 0.15) is 39.2 Å². The predicted octanol–water partition coefficient (Wildman–Crippen LogP) is 3.47. The number of hydrogen-bond donors (Lipinski definition) is 1. The smallest absolute Gasteiger partial charge is 0.129 e. The van der Waals surface area contributed by atoms with E-state index in [1.807, 2.05) is 20.8 Å². The van der Waals surface area contributed by atoms with Crippen molar-refractivity contribution in [3.8, 4) is 0 Å². The highest BCUT2D eigenvalue weighted by molar-refractivity contribution is 5.24. The molecule has 0 fully saturated rings. The predicted molar refractivity (Wildman–Crippen MR) is 60.0 cm³/mol. The Hall–Kier alpha value is -0.890. The fraction of sp³-hybridized carbons (Fsp3) is 0.538. The van der Waals surface area contributed by atoms with Gasteiger partial charge in [-0.05, 0) is 24.8 Å². The van der Waals surface area contributed by atoms with E-state index in [9.17, 15) is 9.50 Å². The second-order valence-corrected chi connectivity index (χ2v) is 4.46. The van der Waals surface area contributed by atoms with Crippen LogP contribution < -0.4 is 0 Å². The molecular formula is C13H19FO. The lowest BCUT2D eigenvalue weighted by Crippen LogP contribution is -2.28. The molecule has 1 aromatic carbocycles. The van der Waals surface area contributed by atoms with Gasteiger partial charge in [0.05, 0.1) is 5.60 Å². The summed E-state index contributed by atoms with van der Waals surface area (Å²) in [4.78, 5) is 0. The minimum absolute atomic E-state index is 0.317. The number of rotatable bonds is 4. The van der Waals surface area contributed by atoms with Crippen molar-refractivity contribution in [1.29, 1.82) is 0 Å². The van der Waals surface area contributed by atoms with Gasteiger partial charge in [0.15, 0.2) is 0 Å². The van der Waals surface area contributed by atoms with Gasteiger partial charge in [-0.1, -0.05) is 39.0 Å². The third-order valence-corrected chi connectivity index (χ3v) is 2.71. The maximum Gasteiger partial charge on any atom is 0.129 e. The average Bonchev–Trinajstić information content (AvgIpc) is 2.17. The zero-order valence-corrected chi connectivity index (χ0v) is 9.63. The van der Waals surface area contributed by atoms with Crippen LogP contribution in [0, 0.1) is 11.7 Å². The van der Waals surface area contributed by atoms with Crippen molar-refractivity contribution >= 4 is 0 Å². The molecule has 0 radical (unpaired) electrons. The van der Waals surface area contributed by atoms with Crippen LogP contribution in [0.15, 0.2) is 24.3 Å². The summed E-state index contributed by atoms with van der Waals surface area (Å²) in [6.45, 7) is 5.94. The zero-order valence-electron chi connectivity index (χ0n) is 9.63. The highest BCUT2D eigenvalue weighted by atomic mass is 19.1. The van der Waals surface area contributed by atoms with E-state index in [0.29, 0.717) is 24.3 Å². The maximum absolute atomic E-state index is 13.6. The summed E-state index contributed by atoms with van der Waals surface area (Å²) in [7, 11) is 0. The molecule has 1 N–H and O–H groups in total. The molecular weight excluding hydrogens is 191 g/mol. The molecule has 0 aliphatic rings. The largest absolute Gasteiger partial charge is 0.385 e. The van der Waals surface area contributed by atoms with Crippen molar-refractivity contribution in [3.63, 3.8) is 0 Å². The molecule has 1 aromatic rings. The summed E-state index contributed by atoms with van der Waals surface area (Å²) < 4.78 is 13.6. The van der Waals surface area contributed by atoms with Crippen LogP contribution in [0.2, 0.25) is 0 Å². The number of aliphatic hydroxyl groups is 1. The van der Waals surface area contributed by atoms with Crippen LogP contribution in [-0.4, -0.2) is 5.11 Å². The maximum atomic E-state index is 13.6. The van der Waals surface area contributed by atoms with Gasteiger partial charge in [0.2, 0.25) is 0 Å². The molecule has 0 aromatic heterocycles. The lowest BCUT2D eigenvalue weighted by Gasteiger charge is -2.29. The Balaban J connectivity index is 3.05. The van der Waals surface area contributed by atoms with Gasteiger partial charge in [-0.25, -0.2) is 4.39 Å². The molecule has 0 aliphatic carbocycles. The van der Waals surface area contributed by atoms with Gasteiger partial charge in [0.1, 0.15) is 5.82 Å². The Labute approximate surface area is 90.9 Å². The second kappa shape index (κ2) is 4.75. The van der Waals surface area contributed by atoms with Gasteiger partial charge in [0, 0.05) is 5.56 Å². The SMILES string of the molecule is CCC(O)(CC(C)C)c1ccccc1F. The first-order valence-electron chi connectivity index (χ1n) is 5.47. The van der Waals surface area contributed by atoms with E-state index in [-0.39, 0.29) is 5.82 Å². The minimum atomic E-state index is -1.03. The number of halogens is 1. The minimum Gasteiger partial charge on any atom is -0.385 e. The average molecular weight is 210 g/mol. The molecule has 15 heavy (non-hydrogen) atoms. The van der Waals surface area contributed by atoms with E-state index in [1.165, 1.54) is 6.07 Å². The van der Waals surface area contributed by atoms with E-state index in [2.05, 4.69) is 0 Å². The van der Waals surface area contributed by atoms with Crippen molar-refractivity contribution in [2.45, 2.75) is 39.2 Å². The summed E-state index contributed by atoms with van der Waals surface area (Å²) in [6, 6.07) is 6.47. The first kappa shape index (κ1) is 12.2. The van der Waals surface area contributed by atoms with Crippen LogP contribution in [0.25, 0.3) is 0 Å². The van der Waals surface area contributed by atoms with Crippen LogP contribution in [0.4, 0.5) is 4.39 Å². The third kappa shape index (κ3) is 2.78. The first-order valence-corrected chi connectivity index (χ1v) is 5.47. The van der Waals surface area contributed by atoms with Crippen molar-refractivity contribution in [2.75, 3.05) is 0 Å². The normalized spacial score (nSPS) is 15.3. The van der Waals surface area contributed by atoms with Crippen LogP contribution >= 0.6 is 0 Å². The fourth-order valence-electron chi connectivity index (χ4n) is 1.96. The lowest BCUT2D eigenvalue weighted by atomic mass is 9.83. The van der Waals surface area contributed by atoms with E-state index >= 15 is 0 Å². The standard InChI is InChI=1S/C13H19FO/c1-4-13(15,9-10(2)3)11-7-5-6-8-12(11)14/h5-8,10,15H,4,9H2,1-3H3. The van der Waals surface area contributed by atoms with E-state index < -0.39 is 5.60 Å². The van der Waals surface area contributed by atoms with Crippen LogP contribution in [-0.2, 0) is 5.60 Å². The van der Waals surface area contributed by atoms with Crippen LogP contribution in [0.3, 0.4) is 0 Å². The van der Waals surface area contributed by atoms with Crippen molar-refractivity contribution in [2.24, 2.45) is 5.92 Å². The summed E-state index contributed by atoms with van der Waals surface area (Å²) in [5, 5.41) is 10.4. The molecule has 2 heteroatoms. The molecule has 1 rings (SSSR count). The molecule has 0 aliphatic heterocycles. The van der Waals surface area contributed by atoms with Crippen LogP contribution in [0.5, 0.6) is 0 Å². The van der Waals surface area contributed by atoms with Gasteiger partial charge in [-0.2, -0.15) is 0 Å². The van der Waals surface area contributed by atoms with Gasteiger partial charge >= 0.3 is 0 Å². The Morgan fingerprint density at radius 3 is 2.40 bits per heavy atom. The van der Waals surface area contributed by atoms with Gasteiger partial charge in [-0.15, -0.1) is 0 Å². The highest BCUT2D eigenvalue weighted by Gasteiger charge is 2.30. The Morgan fingerprint density at radius 2 is 1.93 bits per heavy atom. The Morgan fingerprint density at radius 1 is 1.33 bits per heavy atom. The third-order valence-electron chi connectivity index (χ3n) is 2.71. The molecule has 0 amide bonds. The monoisotopic (exact) mass is 210 g/mol. The second-order valence-electron chi connectivity index (χ2n) is 4.46. The van der Waals surface area contributed by atoms with Crippen molar-refractivity contribution in [3.05, 3.63) is 35.6 Å². The van der Waals surface area contributed by atoms with E-state index in [0.717, 1.165) is 0 Å². The molecule has 0 saturated heterocycles. The summed E-state index contributed by atoms with van der Waals surface area (Å²) in [6.07, 6.45) is 1.12. The van der Waals surface area contributed by atoms with Gasteiger partial charge in [-0.3, -0.25) is 0 Å². The molecule has 0 spiro atoms. The molecule has 0 heterocycles. The molecule has 84 valence electrons. The zero-order chi connectivity index (χ0) is 11.5. The fourth-order valence-corrected chi connectivity index (χ4v) is 1.96. The Kier molecular flexibility index (Phi) is 3.86. The molecule has 0 saturated carbocycles. The molecule has 1 atom stereocenters. The molecule has 1 nitrogen and oxygen atoms in total.